The van der Waals surface area contributed by atoms with Gasteiger partial charge < -0.3 is 10.2 Å². The molecule has 4 rings (SSSR count). The normalized spacial score (nSPS) is 20.2. The first-order chi connectivity index (χ1) is 14.6. The molecule has 0 spiro atoms. The molecule has 0 saturated carbocycles. The molecule has 2 aromatic rings. The number of nitrogens with zero attached hydrogens (tertiary/aromatic N) is 2. The molecule has 0 bridgehead atoms. The van der Waals surface area contributed by atoms with Crippen LogP contribution < -0.4 is 10.2 Å². The van der Waals surface area contributed by atoms with Crippen LogP contribution in [0.2, 0.25) is 5.02 Å². The molecule has 0 aromatic heterocycles. The highest BCUT2D eigenvalue weighted by molar-refractivity contribution is 8.18. The lowest BCUT2D eigenvalue weighted by Gasteiger charge is -2.41. The van der Waals surface area contributed by atoms with E-state index in [0.717, 1.165) is 22.4 Å². The van der Waals surface area contributed by atoms with Gasteiger partial charge in [-0.3, -0.25) is 4.79 Å². The second-order valence-electron chi connectivity index (χ2n) is 8.63. The number of hydrogen-bond donors (Lipinski definition) is 1. The summed E-state index contributed by atoms with van der Waals surface area (Å²) in [5, 5.41) is 4.10. The fraction of sp³-hybridized carbons (Fsp3) is 0.280. The van der Waals surface area contributed by atoms with Crippen molar-refractivity contribution >= 4 is 57.5 Å². The van der Waals surface area contributed by atoms with Gasteiger partial charge >= 0.3 is 0 Å². The summed E-state index contributed by atoms with van der Waals surface area (Å²) in [5.41, 5.74) is 7.45. The minimum absolute atomic E-state index is 0.0332. The Labute approximate surface area is 193 Å². The van der Waals surface area contributed by atoms with Crippen LogP contribution >= 0.6 is 23.4 Å². The van der Waals surface area contributed by atoms with Gasteiger partial charge in [0.2, 0.25) is 0 Å². The Morgan fingerprint density at radius 2 is 1.94 bits per heavy atom. The molecule has 2 aromatic carbocycles. The number of amides is 1. The number of aliphatic imine (C=N–C) groups is 1. The second-order valence-corrected chi connectivity index (χ2v) is 10.1. The zero-order valence-corrected chi connectivity index (χ0v) is 20.2. The van der Waals surface area contributed by atoms with E-state index in [9.17, 15) is 4.79 Å². The van der Waals surface area contributed by atoms with Gasteiger partial charge in [0.05, 0.1) is 16.1 Å². The van der Waals surface area contributed by atoms with Crippen LogP contribution in [0.1, 0.15) is 43.0 Å². The molecule has 1 amide bonds. The number of hydrogen-bond acceptors (Lipinski definition) is 4. The number of benzene rings is 2. The van der Waals surface area contributed by atoms with Crippen molar-refractivity contribution in [3.05, 3.63) is 68.6 Å². The number of allylic oxidation sites excluding steroid dienone is 1. The zero-order valence-electron chi connectivity index (χ0n) is 18.6. The molecule has 160 valence electrons. The van der Waals surface area contributed by atoms with Gasteiger partial charge in [0.25, 0.3) is 5.91 Å². The van der Waals surface area contributed by atoms with Gasteiger partial charge in [0, 0.05) is 23.3 Å². The lowest BCUT2D eigenvalue weighted by atomic mass is 9.87. The molecular weight excluding hydrogens is 426 g/mol. The molecule has 1 N–H and O–H groups in total. The molecule has 4 nitrogen and oxygen atoms in total. The zero-order chi connectivity index (χ0) is 22.5. The summed E-state index contributed by atoms with van der Waals surface area (Å²) >= 11 is 7.55. The number of carbonyl (C=O) groups is 1. The number of halogens is 1. The Balaban J connectivity index is 1.68. The number of nitrogens with one attached hydrogen (secondary N) is 1. The van der Waals surface area contributed by atoms with Gasteiger partial charge in [0.1, 0.15) is 0 Å². The van der Waals surface area contributed by atoms with Crippen molar-refractivity contribution in [2.45, 2.75) is 40.2 Å². The van der Waals surface area contributed by atoms with Crippen LogP contribution in [-0.4, -0.2) is 23.7 Å². The Bertz CT molecular complexity index is 1190. The van der Waals surface area contributed by atoms with Crippen LogP contribution in [0.3, 0.4) is 0 Å². The van der Waals surface area contributed by atoms with Crippen molar-refractivity contribution in [3.63, 3.8) is 0 Å². The lowest BCUT2D eigenvalue weighted by Crippen LogP contribution is -2.42. The lowest BCUT2D eigenvalue weighted by molar-refractivity contribution is -0.115. The van der Waals surface area contributed by atoms with Gasteiger partial charge in [-0.1, -0.05) is 23.7 Å². The van der Waals surface area contributed by atoms with Crippen LogP contribution in [0.25, 0.3) is 11.6 Å². The summed E-state index contributed by atoms with van der Waals surface area (Å²) in [7, 11) is 2.13. The number of carbonyl (C=O) groups excluding carboxylic acids is 1. The van der Waals surface area contributed by atoms with E-state index in [1.807, 2.05) is 31.2 Å². The summed E-state index contributed by atoms with van der Waals surface area (Å²) < 4.78 is 0. The van der Waals surface area contributed by atoms with Crippen molar-refractivity contribution in [2.24, 2.45) is 4.99 Å². The smallest absolute Gasteiger partial charge is 0.264 e. The van der Waals surface area contributed by atoms with Crippen LogP contribution in [0.4, 0.5) is 11.4 Å². The maximum atomic E-state index is 12.6. The number of likely N-dealkylation sites (N-methyl/N-ethyl adjacent to an activating group) is 1. The number of fused-ring (bicyclic) bond motifs is 1. The molecule has 1 saturated heterocycles. The second kappa shape index (κ2) is 7.88. The number of anilines is 1. The van der Waals surface area contributed by atoms with E-state index in [0.29, 0.717) is 15.1 Å². The van der Waals surface area contributed by atoms with E-state index >= 15 is 0 Å². The number of amidine groups is 1. The minimum atomic E-state index is -0.133. The molecule has 31 heavy (non-hydrogen) atoms. The summed E-state index contributed by atoms with van der Waals surface area (Å²) in [6, 6.07) is 9.97. The number of aryl methyl sites for hydroxylation is 1. The van der Waals surface area contributed by atoms with Gasteiger partial charge in [0.15, 0.2) is 5.17 Å². The van der Waals surface area contributed by atoms with E-state index < -0.39 is 0 Å². The summed E-state index contributed by atoms with van der Waals surface area (Å²) in [6.07, 6.45) is 4.24. The molecule has 2 aliphatic rings. The van der Waals surface area contributed by atoms with E-state index in [1.165, 1.54) is 28.6 Å². The van der Waals surface area contributed by atoms with Crippen molar-refractivity contribution < 1.29 is 4.79 Å². The van der Waals surface area contributed by atoms with Crippen LogP contribution in [0.15, 0.2) is 46.3 Å². The van der Waals surface area contributed by atoms with E-state index in [4.69, 9.17) is 11.6 Å². The summed E-state index contributed by atoms with van der Waals surface area (Å²) in [4.78, 5) is 20.1. The van der Waals surface area contributed by atoms with E-state index in [2.05, 4.69) is 68.2 Å². The molecule has 0 radical (unpaired) electrons. The Morgan fingerprint density at radius 1 is 1.19 bits per heavy atom. The van der Waals surface area contributed by atoms with E-state index in [1.54, 1.807) is 0 Å². The molecule has 0 unspecified atom stereocenters. The standard InChI is InChI=1S/C25H26ClN3OS/c1-14-10-21-18(15(2)13-25(4,5)29(21)6)11-17(14)12-22-23(30)28-24(31-22)27-20-9-7-8-19(26)16(20)3/h7-13H,1-6H3,(H,27,28,30)/b22-12-. The first-order valence-corrected chi connectivity index (χ1v) is 11.4. The third-order valence-electron chi connectivity index (χ3n) is 6.00. The Morgan fingerprint density at radius 3 is 2.68 bits per heavy atom. The van der Waals surface area contributed by atoms with Crippen molar-refractivity contribution in [2.75, 3.05) is 11.9 Å². The van der Waals surface area contributed by atoms with Crippen molar-refractivity contribution in [3.8, 4) is 0 Å². The third kappa shape index (κ3) is 4.04. The topological polar surface area (TPSA) is 44.7 Å². The predicted molar refractivity (Wildman–Crippen MR) is 134 cm³/mol. The fourth-order valence-electron chi connectivity index (χ4n) is 3.92. The van der Waals surface area contributed by atoms with Crippen LogP contribution in [0.5, 0.6) is 0 Å². The highest BCUT2D eigenvalue weighted by atomic mass is 35.5. The number of rotatable bonds is 2. The highest BCUT2D eigenvalue weighted by Crippen LogP contribution is 2.40. The highest BCUT2D eigenvalue weighted by Gasteiger charge is 2.29. The van der Waals surface area contributed by atoms with Gasteiger partial charge in [-0.2, -0.15) is 0 Å². The molecule has 0 aliphatic carbocycles. The Hall–Kier alpha value is -2.50. The van der Waals surface area contributed by atoms with Gasteiger partial charge in [-0.15, -0.1) is 0 Å². The first kappa shape index (κ1) is 21.7. The first-order valence-electron chi connectivity index (χ1n) is 10.2. The fourth-order valence-corrected chi connectivity index (χ4v) is 4.92. The predicted octanol–water partition coefficient (Wildman–Crippen LogP) is 6.48. The van der Waals surface area contributed by atoms with Crippen molar-refractivity contribution in [1.82, 2.24) is 5.32 Å². The average Bonchev–Trinajstić information content (AvgIpc) is 3.03. The SMILES string of the molecule is CC1=CC(C)(C)N(C)c2cc(C)c(/C=C3\SC(=Nc4cccc(Cl)c4C)NC3=O)cc21. The quantitative estimate of drug-likeness (QED) is 0.531. The summed E-state index contributed by atoms with van der Waals surface area (Å²) in [6.45, 7) is 10.6. The molecule has 2 aliphatic heterocycles. The summed E-state index contributed by atoms with van der Waals surface area (Å²) in [5.74, 6) is -0.133. The van der Waals surface area contributed by atoms with E-state index in [-0.39, 0.29) is 11.4 Å². The average molecular weight is 452 g/mol. The number of thioether (sulfide) groups is 1. The molecule has 6 heteroatoms. The molecule has 1 fully saturated rings. The monoisotopic (exact) mass is 451 g/mol. The van der Waals surface area contributed by atoms with Crippen LogP contribution in [0, 0.1) is 13.8 Å². The van der Waals surface area contributed by atoms with Gasteiger partial charge in [-0.05, 0) is 99.0 Å². The van der Waals surface area contributed by atoms with Crippen LogP contribution in [-0.2, 0) is 4.79 Å². The third-order valence-corrected chi connectivity index (χ3v) is 7.32. The minimum Gasteiger partial charge on any atom is -0.365 e. The molecule has 0 atom stereocenters. The largest absolute Gasteiger partial charge is 0.365 e. The maximum Gasteiger partial charge on any atom is 0.264 e. The van der Waals surface area contributed by atoms with Crippen molar-refractivity contribution in [1.29, 1.82) is 0 Å². The molecule has 2 heterocycles. The van der Waals surface area contributed by atoms with Gasteiger partial charge in [-0.25, -0.2) is 4.99 Å². The Kier molecular flexibility index (Phi) is 5.52. The maximum absolute atomic E-state index is 12.6. The molecular formula is C25H26ClN3OS.